The van der Waals surface area contributed by atoms with E-state index in [2.05, 4.69) is 26.0 Å². The quantitative estimate of drug-likeness (QED) is 0.805. The highest BCUT2D eigenvalue weighted by Gasteiger charge is 2.22. The molecule has 0 aliphatic heterocycles. The average Bonchev–Trinajstić information content (AvgIpc) is 2.26. The van der Waals surface area contributed by atoms with E-state index in [1.165, 1.54) is 6.92 Å². The van der Waals surface area contributed by atoms with Crippen LogP contribution in [0.15, 0.2) is 16.6 Å². The van der Waals surface area contributed by atoms with Crippen molar-refractivity contribution in [3.05, 3.63) is 28.2 Å². The number of hydrogen-bond donors (Lipinski definition) is 2. The van der Waals surface area contributed by atoms with Crippen LogP contribution in [0.3, 0.4) is 0 Å². The highest BCUT2D eigenvalue weighted by molar-refractivity contribution is 9.10. The molecule has 1 aromatic carbocycles. The lowest BCUT2D eigenvalue weighted by Crippen LogP contribution is -2.33. The molecule has 0 saturated heterocycles. The van der Waals surface area contributed by atoms with Crippen molar-refractivity contribution in [3.8, 4) is 0 Å². The summed E-state index contributed by atoms with van der Waals surface area (Å²) in [5.74, 6) is -1.75. The van der Waals surface area contributed by atoms with E-state index in [0.29, 0.717) is 6.07 Å². The number of sulfonamides is 1. The monoisotopic (exact) mass is 342 g/mol. The summed E-state index contributed by atoms with van der Waals surface area (Å²) in [6.07, 6.45) is 0. The van der Waals surface area contributed by atoms with Gasteiger partial charge in [-0.2, -0.15) is 0 Å². The minimum absolute atomic E-state index is 0.0112. The smallest absolute Gasteiger partial charge is 0.236 e. The lowest BCUT2D eigenvalue weighted by atomic mass is 10.3. The van der Waals surface area contributed by atoms with Gasteiger partial charge in [-0.3, -0.25) is 4.72 Å². The summed E-state index contributed by atoms with van der Waals surface area (Å²) in [6.45, 7) is 1.70. The molecule has 1 rings (SSSR count). The molecular weight excluding hydrogens is 330 g/mol. The highest BCUT2D eigenvalue weighted by atomic mass is 79.9. The lowest BCUT2D eigenvalue weighted by molar-refractivity contribution is 0.574. The third-order valence-corrected chi connectivity index (χ3v) is 4.62. The van der Waals surface area contributed by atoms with Gasteiger partial charge in [0.05, 0.1) is 15.4 Å². The molecule has 0 aliphatic carbocycles. The van der Waals surface area contributed by atoms with Gasteiger partial charge >= 0.3 is 0 Å². The molecule has 18 heavy (non-hydrogen) atoms. The summed E-state index contributed by atoms with van der Waals surface area (Å²) in [7, 11) is -2.11. The van der Waals surface area contributed by atoms with E-state index in [-0.39, 0.29) is 16.7 Å². The molecule has 1 atom stereocenters. The van der Waals surface area contributed by atoms with Crippen LogP contribution in [0.2, 0.25) is 0 Å². The van der Waals surface area contributed by atoms with Crippen LogP contribution in [0, 0.1) is 11.6 Å². The summed E-state index contributed by atoms with van der Waals surface area (Å²) in [5, 5.41) is 1.97. The number of benzene rings is 1. The molecule has 0 spiro atoms. The van der Waals surface area contributed by atoms with Gasteiger partial charge in [-0.25, -0.2) is 17.2 Å². The van der Waals surface area contributed by atoms with Gasteiger partial charge in [-0.15, -0.1) is 0 Å². The van der Waals surface area contributed by atoms with Gasteiger partial charge in [0.2, 0.25) is 10.0 Å². The highest BCUT2D eigenvalue weighted by Crippen LogP contribution is 2.24. The van der Waals surface area contributed by atoms with Crippen molar-refractivity contribution >= 4 is 31.6 Å². The first kappa shape index (κ1) is 15.3. The standard InChI is InChI=1S/C10H13BrF2N2O2S/c1-6(5-14-2)18(16,17)15-10-3-7(11)8(12)4-9(10)13/h3-4,6,14-15H,5H2,1-2H3. The molecule has 0 heterocycles. The minimum atomic E-state index is -3.72. The van der Waals surface area contributed by atoms with E-state index in [4.69, 9.17) is 0 Å². The van der Waals surface area contributed by atoms with E-state index < -0.39 is 26.9 Å². The average molecular weight is 343 g/mol. The van der Waals surface area contributed by atoms with E-state index in [1.807, 2.05) is 0 Å². The Labute approximate surface area is 113 Å². The van der Waals surface area contributed by atoms with Crippen molar-refractivity contribution in [1.82, 2.24) is 5.32 Å². The van der Waals surface area contributed by atoms with Crippen molar-refractivity contribution in [2.45, 2.75) is 12.2 Å². The first-order valence-electron chi connectivity index (χ1n) is 5.08. The van der Waals surface area contributed by atoms with Crippen molar-refractivity contribution in [2.24, 2.45) is 0 Å². The maximum Gasteiger partial charge on any atom is 0.236 e. The van der Waals surface area contributed by atoms with Gasteiger partial charge in [-0.05, 0) is 36.0 Å². The van der Waals surface area contributed by atoms with Crippen molar-refractivity contribution in [3.63, 3.8) is 0 Å². The Kier molecular flexibility index (Phi) is 5.06. The van der Waals surface area contributed by atoms with Gasteiger partial charge in [0.15, 0.2) is 0 Å². The van der Waals surface area contributed by atoms with Crippen LogP contribution in [0.1, 0.15) is 6.92 Å². The molecule has 0 radical (unpaired) electrons. The molecule has 0 amide bonds. The van der Waals surface area contributed by atoms with Crippen LogP contribution in [-0.4, -0.2) is 27.3 Å². The fourth-order valence-corrected chi connectivity index (χ4v) is 2.65. The Morgan fingerprint density at radius 1 is 1.33 bits per heavy atom. The predicted octanol–water partition coefficient (Wildman–Crippen LogP) is 2.08. The second-order valence-corrected chi connectivity index (χ2v) is 6.71. The molecule has 2 N–H and O–H groups in total. The van der Waals surface area contributed by atoms with Gasteiger partial charge in [0.1, 0.15) is 11.6 Å². The minimum Gasteiger partial charge on any atom is -0.318 e. The lowest BCUT2D eigenvalue weighted by Gasteiger charge is -2.15. The van der Waals surface area contributed by atoms with Crippen molar-refractivity contribution in [2.75, 3.05) is 18.3 Å². The zero-order valence-corrected chi connectivity index (χ0v) is 12.2. The molecule has 0 saturated carbocycles. The van der Waals surface area contributed by atoms with Crippen LogP contribution in [-0.2, 0) is 10.0 Å². The summed E-state index contributed by atoms with van der Waals surface area (Å²) in [4.78, 5) is 0. The Hall–Kier alpha value is -0.730. The molecule has 1 aromatic rings. The van der Waals surface area contributed by atoms with Crippen LogP contribution in [0.5, 0.6) is 0 Å². The fraction of sp³-hybridized carbons (Fsp3) is 0.400. The van der Waals surface area contributed by atoms with Crippen LogP contribution < -0.4 is 10.0 Å². The Bertz CT molecular complexity index is 537. The molecule has 1 unspecified atom stereocenters. The maximum atomic E-state index is 13.4. The van der Waals surface area contributed by atoms with Gasteiger partial charge < -0.3 is 5.32 Å². The zero-order chi connectivity index (χ0) is 13.9. The largest absolute Gasteiger partial charge is 0.318 e. The van der Waals surface area contributed by atoms with Crippen molar-refractivity contribution in [1.29, 1.82) is 0 Å². The molecule has 102 valence electrons. The van der Waals surface area contributed by atoms with Crippen LogP contribution >= 0.6 is 15.9 Å². The maximum absolute atomic E-state index is 13.4. The van der Waals surface area contributed by atoms with Gasteiger partial charge in [-0.1, -0.05) is 0 Å². The first-order chi connectivity index (χ1) is 8.27. The number of halogens is 3. The number of nitrogens with one attached hydrogen (secondary N) is 2. The van der Waals surface area contributed by atoms with E-state index in [0.717, 1.165) is 6.07 Å². The second kappa shape index (κ2) is 5.94. The molecular formula is C10H13BrF2N2O2S. The molecule has 0 bridgehead atoms. The van der Waals surface area contributed by atoms with E-state index >= 15 is 0 Å². The first-order valence-corrected chi connectivity index (χ1v) is 7.42. The van der Waals surface area contributed by atoms with E-state index in [1.54, 1.807) is 7.05 Å². The second-order valence-electron chi connectivity index (χ2n) is 3.76. The SMILES string of the molecule is CNCC(C)S(=O)(=O)Nc1cc(Br)c(F)cc1F. The Balaban J connectivity index is 3.01. The van der Waals surface area contributed by atoms with E-state index in [9.17, 15) is 17.2 Å². The fourth-order valence-electron chi connectivity index (χ4n) is 1.25. The van der Waals surface area contributed by atoms with Crippen molar-refractivity contribution < 1.29 is 17.2 Å². The third-order valence-electron chi connectivity index (χ3n) is 2.28. The molecule has 0 fully saturated rings. The Morgan fingerprint density at radius 2 is 1.94 bits per heavy atom. The number of hydrogen-bond acceptors (Lipinski definition) is 3. The zero-order valence-electron chi connectivity index (χ0n) is 9.80. The normalized spacial score (nSPS) is 13.4. The number of anilines is 1. The molecule has 0 aliphatic rings. The predicted molar refractivity (Wildman–Crippen MR) is 70.0 cm³/mol. The summed E-state index contributed by atoms with van der Waals surface area (Å²) in [6, 6.07) is 1.67. The summed E-state index contributed by atoms with van der Waals surface area (Å²) < 4.78 is 52.1. The Morgan fingerprint density at radius 3 is 2.50 bits per heavy atom. The summed E-state index contributed by atoms with van der Waals surface area (Å²) in [5.41, 5.74) is -0.286. The molecule has 4 nitrogen and oxygen atoms in total. The molecule has 8 heteroatoms. The summed E-state index contributed by atoms with van der Waals surface area (Å²) >= 11 is 2.87. The number of rotatable bonds is 5. The van der Waals surface area contributed by atoms with Crippen LogP contribution in [0.4, 0.5) is 14.5 Å². The van der Waals surface area contributed by atoms with Gasteiger partial charge in [0, 0.05) is 12.6 Å². The van der Waals surface area contributed by atoms with Crippen LogP contribution in [0.25, 0.3) is 0 Å². The topological polar surface area (TPSA) is 58.2 Å². The third kappa shape index (κ3) is 3.63. The molecule has 0 aromatic heterocycles. The van der Waals surface area contributed by atoms with Gasteiger partial charge in [0.25, 0.3) is 0 Å².